The molecule has 12 heteroatoms. The molecule has 12 nitrogen and oxygen atoms in total. The van der Waals surface area contributed by atoms with Gasteiger partial charge in [0.05, 0.1) is 19.8 Å². The van der Waals surface area contributed by atoms with E-state index >= 15 is 0 Å². The van der Waals surface area contributed by atoms with Crippen LogP contribution < -0.4 is 14.7 Å². The molecule has 0 aliphatic heterocycles. The maximum atomic E-state index is 12.4. The highest BCUT2D eigenvalue weighted by Gasteiger charge is 2.25. The number of carbonyl (C=O) groups excluding carboxylic acids is 3. The van der Waals surface area contributed by atoms with E-state index < -0.39 is 18.3 Å². The van der Waals surface area contributed by atoms with Crippen molar-refractivity contribution in [3.63, 3.8) is 0 Å². The second kappa shape index (κ2) is 14.8. The van der Waals surface area contributed by atoms with Crippen LogP contribution in [0.1, 0.15) is 59.3 Å². The molecule has 186 valence electrons. The van der Waals surface area contributed by atoms with Crippen molar-refractivity contribution in [3.05, 3.63) is 0 Å². The van der Waals surface area contributed by atoms with E-state index in [1.807, 2.05) is 20.8 Å². The molecule has 1 heterocycles. The molecule has 0 aliphatic carbocycles. The maximum absolute atomic E-state index is 12.4. The van der Waals surface area contributed by atoms with Gasteiger partial charge >= 0.3 is 18.3 Å². The van der Waals surface area contributed by atoms with E-state index in [0.29, 0.717) is 19.3 Å². The van der Waals surface area contributed by atoms with Crippen LogP contribution in [0.4, 0.5) is 32.2 Å². The Morgan fingerprint density at radius 3 is 1.03 bits per heavy atom. The predicted octanol–water partition coefficient (Wildman–Crippen LogP) is 3.99. The van der Waals surface area contributed by atoms with Gasteiger partial charge in [-0.3, -0.25) is 0 Å². The van der Waals surface area contributed by atoms with E-state index in [-0.39, 0.29) is 37.7 Å². The summed E-state index contributed by atoms with van der Waals surface area (Å²) in [6.07, 6.45) is 2.73. The first-order valence-electron chi connectivity index (χ1n) is 11.2. The third-order valence-electron chi connectivity index (χ3n) is 4.49. The number of amides is 3. The number of rotatable bonds is 12. The van der Waals surface area contributed by atoms with Gasteiger partial charge in [0.25, 0.3) is 0 Å². The fraction of sp³-hybridized carbons (Fsp3) is 0.714. The number of nitrogens with zero attached hydrogens (tertiary/aromatic N) is 6. The molecular formula is C21H36N6O6. The third kappa shape index (κ3) is 9.07. The Balaban J connectivity index is 3.19. The van der Waals surface area contributed by atoms with Crippen molar-refractivity contribution in [2.45, 2.75) is 59.3 Å². The maximum Gasteiger partial charge on any atom is 0.416 e. The summed E-state index contributed by atoms with van der Waals surface area (Å²) in [5.41, 5.74) is 0. The van der Waals surface area contributed by atoms with Crippen molar-refractivity contribution in [2.24, 2.45) is 0 Å². The molecule has 33 heavy (non-hydrogen) atoms. The summed E-state index contributed by atoms with van der Waals surface area (Å²) in [4.78, 5) is 53.0. The molecule has 1 aromatic heterocycles. The van der Waals surface area contributed by atoms with Gasteiger partial charge in [0, 0.05) is 21.1 Å². The molecule has 1 rings (SSSR count). The third-order valence-corrected chi connectivity index (χ3v) is 4.49. The summed E-state index contributed by atoms with van der Waals surface area (Å²) in [7, 11) is 4.28. The molecule has 0 unspecified atom stereocenters. The average Bonchev–Trinajstić information content (AvgIpc) is 2.82. The lowest BCUT2D eigenvalue weighted by Crippen LogP contribution is -2.35. The van der Waals surface area contributed by atoms with Crippen LogP contribution in [0.2, 0.25) is 0 Å². The van der Waals surface area contributed by atoms with Gasteiger partial charge in [0.2, 0.25) is 17.8 Å². The highest BCUT2D eigenvalue weighted by molar-refractivity contribution is 5.89. The molecule has 0 fully saturated rings. The Morgan fingerprint density at radius 1 is 0.576 bits per heavy atom. The Morgan fingerprint density at radius 2 is 0.818 bits per heavy atom. The monoisotopic (exact) mass is 468 g/mol. The first kappa shape index (κ1) is 27.9. The summed E-state index contributed by atoms with van der Waals surface area (Å²) >= 11 is 0. The van der Waals surface area contributed by atoms with E-state index in [4.69, 9.17) is 14.2 Å². The Bertz CT molecular complexity index is 665. The summed E-state index contributed by atoms with van der Waals surface area (Å²) in [5, 5.41) is 0. The zero-order valence-electron chi connectivity index (χ0n) is 20.5. The van der Waals surface area contributed by atoms with Crippen molar-refractivity contribution in [1.29, 1.82) is 0 Å². The second-order valence-electron chi connectivity index (χ2n) is 7.32. The van der Waals surface area contributed by atoms with Gasteiger partial charge in [0.15, 0.2) is 0 Å². The molecule has 0 spiro atoms. The lowest BCUT2D eigenvalue weighted by molar-refractivity contribution is 0.152. The van der Waals surface area contributed by atoms with E-state index in [9.17, 15) is 14.4 Å². The van der Waals surface area contributed by atoms with Crippen LogP contribution in [-0.4, -0.2) is 74.2 Å². The van der Waals surface area contributed by atoms with E-state index in [2.05, 4.69) is 15.0 Å². The number of hydrogen-bond donors (Lipinski definition) is 0. The van der Waals surface area contributed by atoms with Crippen molar-refractivity contribution < 1.29 is 28.6 Å². The first-order chi connectivity index (χ1) is 15.8. The molecule has 0 aliphatic rings. The second-order valence-corrected chi connectivity index (χ2v) is 7.32. The average molecular weight is 469 g/mol. The van der Waals surface area contributed by atoms with Gasteiger partial charge in [0.1, 0.15) is 0 Å². The number of ether oxygens (including phenoxy) is 3. The van der Waals surface area contributed by atoms with Gasteiger partial charge in [-0.15, -0.1) is 0 Å². The van der Waals surface area contributed by atoms with Gasteiger partial charge in [-0.25, -0.2) is 29.1 Å². The molecule has 0 radical (unpaired) electrons. The zero-order valence-corrected chi connectivity index (χ0v) is 20.5. The minimum absolute atomic E-state index is 0.0992. The number of anilines is 3. The van der Waals surface area contributed by atoms with Crippen LogP contribution >= 0.6 is 0 Å². The summed E-state index contributed by atoms with van der Waals surface area (Å²) in [6.45, 7) is 6.68. The molecular weight excluding hydrogens is 432 g/mol. The van der Waals surface area contributed by atoms with Crippen LogP contribution in [0, 0.1) is 0 Å². The van der Waals surface area contributed by atoms with Crippen LogP contribution in [0.5, 0.6) is 0 Å². The van der Waals surface area contributed by atoms with E-state index in [1.54, 1.807) is 0 Å². The number of carbonyl (C=O) groups is 3. The predicted molar refractivity (Wildman–Crippen MR) is 124 cm³/mol. The van der Waals surface area contributed by atoms with Crippen molar-refractivity contribution >= 4 is 36.1 Å². The van der Waals surface area contributed by atoms with Crippen molar-refractivity contribution in [3.8, 4) is 0 Å². The summed E-state index contributed by atoms with van der Waals surface area (Å²) in [6, 6.07) is 0. The summed E-state index contributed by atoms with van der Waals surface area (Å²) in [5.74, 6) is -0.297. The standard InChI is InChI=1S/C21H36N6O6/c1-7-10-13-31-19(28)25(4)16-22-17(26(5)20(29)32-14-11-8-2)24-18(23-16)27(6)21(30)33-15-12-9-3/h7-15H2,1-6H3. The van der Waals surface area contributed by atoms with Gasteiger partial charge < -0.3 is 14.2 Å². The fourth-order valence-corrected chi connectivity index (χ4v) is 2.24. The molecule has 0 atom stereocenters. The molecule has 0 N–H and O–H groups in total. The van der Waals surface area contributed by atoms with Crippen LogP contribution in [0.3, 0.4) is 0 Å². The smallest absolute Gasteiger partial charge is 0.416 e. The van der Waals surface area contributed by atoms with Gasteiger partial charge in [-0.2, -0.15) is 15.0 Å². The van der Waals surface area contributed by atoms with Gasteiger partial charge in [-0.1, -0.05) is 40.0 Å². The normalized spacial score (nSPS) is 10.4. The lowest BCUT2D eigenvalue weighted by atomic mass is 10.4. The van der Waals surface area contributed by atoms with Gasteiger partial charge in [-0.05, 0) is 19.3 Å². The molecule has 3 amide bonds. The minimum atomic E-state index is -0.673. The molecule has 0 bridgehead atoms. The minimum Gasteiger partial charge on any atom is -0.449 e. The van der Waals surface area contributed by atoms with Crippen molar-refractivity contribution in [2.75, 3.05) is 55.7 Å². The first-order valence-corrected chi connectivity index (χ1v) is 11.2. The fourth-order valence-electron chi connectivity index (χ4n) is 2.24. The SMILES string of the molecule is CCCCOC(=O)N(C)c1nc(N(C)C(=O)OCCCC)nc(N(C)C(=O)OCCCC)n1. The topological polar surface area (TPSA) is 127 Å². The lowest BCUT2D eigenvalue weighted by Gasteiger charge is -2.22. The summed E-state index contributed by atoms with van der Waals surface area (Å²) < 4.78 is 15.6. The molecule has 1 aromatic rings. The molecule has 0 saturated heterocycles. The van der Waals surface area contributed by atoms with E-state index in [1.165, 1.54) is 21.1 Å². The van der Waals surface area contributed by atoms with Crippen LogP contribution in [0.25, 0.3) is 0 Å². The number of unbranched alkanes of at least 4 members (excludes halogenated alkanes) is 3. The number of aromatic nitrogens is 3. The molecule has 0 aromatic carbocycles. The Hall–Kier alpha value is -3.18. The van der Waals surface area contributed by atoms with Crippen LogP contribution in [-0.2, 0) is 14.2 Å². The Labute approximate surface area is 195 Å². The van der Waals surface area contributed by atoms with E-state index in [0.717, 1.165) is 34.0 Å². The number of hydrogen-bond acceptors (Lipinski definition) is 9. The van der Waals surface area contributed by atoms with Crippen LogP contribution in [0.15, 0.2) is 0 Å². The molecule has 0 saturated carbocycles. The Kier molecular flexibility index (Phi) is 12.5. The quantitative estimate of drug-likeness (QED) is 0.330. The highest BCUT2D eigenvalue weighted by Crippen LogP contribution is 2.19. The van der Waals surface area contributed by atoms with Crippen molar-refractivity contribution in [1.82, 2.24) is 15.0 Å². The zero-order chi connectivity index (χ0) is 24.8. The largest absolute Gasteiger partial charge is 0.449 e. The highest BCUT2D eigenvalue weighted by atomic mass is 16.6.